The van der Waals surface area contributed by atoms with Crippen molar-refractivity contribution in [2.75, 3.05) is 6.61 Å². The van der Waals surface area contributed by atoms with Crippen molar-refractivity contribution in [1.29, 1.82) is 0 Å². The maximum atomic E-state index is 12.7. The van der Waals surface area contributed by atoms with Crippen molar-refractivity contribution in [3.8, 4) is 5.88 Å². The van der Waals surface area contributed by atoms with Crippen molar-refractivity contribution in [1.82, 2.24) is 24.1 Å². The molecule has 1 aliphatic heterocycles. The Balaban J connectivity index is 1.54. The van der Waals surface area contributed by atoms with E-state index in [1.54, 1.807) is 4.52 Å². The van der Waals surface area contributed by atoms with Gasteiger partial charge in [0.05, 0.1) is 6.61 Å². The van der Waals surface area contributed by atoms with Gasteiger partial charge in [0.15, 0.2) is 0 Å². The molecule has 0 radical (unpaired) electrons. The lowest BCUT2D eigenvalue weighted by Gasteiger charge is -2.19. The molecular weight excluding hydrogens is 386 g/mol. The van der Waals surface area contributed by atoms with Crippen LogP contribution in [0.2, 0.25) is 0 Å². The van der Waals surface area contributed by atoms with E-state index in [0.717, 1.165) is 52.9 Å². The second-order valence-corrected chi connectivity index (χ2v) is 7.07. The molecule has 0 unspecified atom stereocenters. The standard InChI is InChI=1S/C17H18BrN5O2/c1-11-13(17(24)22-6-3-2-4-15(22)21-11)5-7-25-16-14-8-12(18)9-23(14)20-10-19-16/h8-10H,2-7H2,1H3. The molecule has 130 valence electrons. The molecule has 0 aliphatic carbocycles. The smallest absolute Gasteiger partial charge is 0.257 e. The van der Waals surface area contributed by atoms with Crippen LogP contribution in [0.15, 0.2) is 27.9 Å². The predicted octanol–water partition coefficient (Wildman–Crippen LogP) is 2.31. The van der Waals surface area contributed by atoms with Crippen LogP contribution in [0.25, 0.3) is 5.52 Å². The molecule has 3 aromatic rings. The summed E-state index contributed by atoms with van der Waals surface area (Å²) in [5.41, 5.74) is 2.39. The number of aryl methyl sites for hydroxylation is 2. The molecule has 8 heteroatoms. The highest BCUT2D eigenvalue weighted by atomic mass is 79.9. The van der Waals surface area contributed by atoms with Gasteiger partial charge in [-0.15, -0.1) is 0 Å². The Morgan fingerprint density at radius 3 is 3.12 bits per heavy atom. The summed E-state index contributed by atoms with van der Waals surface area (Å²) in [6, 6.07) is 1.90. The molecule has 0 N–H and O–H groups in total. The highest BCUT2D eigenvalue weighted by Gasteiger charge is 2.17. The lowest BCUT2D eigenvalue weighted by Crippen LogP contribution is -2.32. The van der Waals surface area contributed by atoms with E-state index in [1.807, 2.05) is 23.8 Å². The molecule has 0 atom stereocenters. The van der Waals surface area contributed by atoms with Gasteiger partial charge in [-0.25, -0.2) is 9.50 Å². The van der Waals surface area contributed by atoms with E-state index in [2.05, 4.69) is 31.0 Å². The minimum absolute atomic E-state index is 0.0732. The third-order valence-corrected chi connectivity index (χ3v) is 4.94. The summed E-state index contributed by atoms with van der Waals surface area (Å²) in [6.07, 6.45) is 6.83. The van der Waals surface area contributed by atoms with Crippen LogP contribution in [0.5, 0.6) is 5.88 Å². The molecular formula is C17H18BrN5O2. The molecule has 0 spiro atoms. The largest absolute Gasteiger partial charge is 0.476 e. The van der Waals surface area contributed by atoms with Crippen LogP contribution in [-0.2, 0) is 19.4 Å². The summed E-state index contributed by atoms with van der Waals surface area (Å²) in [4.78, 5) is 21.5. The molecule has 0 saturated heterocycles. The molecule has 1 aliphatic rings. The second kappa shape index (κ2) is 6.59. The van der Waals surface area contributed by atoms with Gasteiger partial charge < -0.3 is 4.74 Å². The van der Waals surface area contributed by atoms with Gasteiger partial charge in [0, 0.05) is 41.3 Å². The van der Waals surface area contributed by atoms with Gasteiger partial charge in [0.1, 0.15) is 17.7 Å². The average molecular weight is 404 g/mol. The van der Waals surface area contributed by atoms with E-state index < -0.39 is 0 Å². The van der Waals surface area contributed by atoms with E-state index in [9.17, 15) is 4.79 Å². The van der Waals surface area contributed by atoms with Crippen LogP contribution in [0.3, 0.4) is 0 Å². The van der Waals surface area contributed by atoms with Gasteiger partial charge >= 0.3 is 0 Å². The summed E-state index contributed by atoms with van der Waals surface area (Å²) in [5, 5.41) is 4.14. The Kier molecular flexibility index (Phi) is 4.29. The zero-order valence-corrected chi connectivity index (χ0v) is 15.5. The maximum Gasteiger partial charge on any atom is 0.257 e. The van der Waals surface area contributed by atoms with Crippen LogP contribution in [-0.4, -0.2) is 30.8 Å². The van der Waals surface area contributed by atoms with Gasteiger partial charge in [-0.3, -0.25) is 9.36 Å². The minimum Gasteiger partial charge on any atom is -0.476 e. The number of nitrogens with zero attached hydrogens (tertiary/aromatic N) is 5. The monoisotopic (exact) mass is 403 g/mol. The fraction of sp³-hybridized carbons (Fsp3) is 0.412. The van der Waals surface area contributed by atoms with Crippen LogP contribution < -0.4 is 10.3 Å². The van der Waals surface area contributed by atoms with Crippen molar-refractivity contribution in [3.63, 3.8) is 0 Å². The lowest BCUT2D eigenvalue weighted by atomic mass is 10.1. The summed E-state index contributed by atoms with van der Waals surface area (Å²) in [6.45, 7) is 3.03. The van der Waals surface area contributed by atoms with E-state index in [-0.39, 0.29) is 5.56 Å². The highest BCUT2D eigenvalue weighted by molar-refractivity contribution is 9.10. The minimum atomic E-state index is 0.0732. The van der Waals surface area contributed by atoms with Crippen LogP contribution in [0.4, 0.5) is 0 Å². The number of rotatable bonds is 4. The van der Waals surface area contributed by atoms with Crippen LogP contribution >= 0.6 is 15.9 Å². The molecule has 0 fully saturated rings. The van der Waals surface area contributed by atoms with Crippen molar-refractivity contribution >= 4 is 21.4 Å². The Bertz CT molecular complexity index is 995. The molecule has 7 nitrogen and oxygen atoms in total. The SMILES string of the molecule is Cc1nc2n(c(=O)c1CCOc1ncnn3cc(Br)cc13)CCCC2. The molecule has 0 amide bonds. The number of hydrogen-bond acceptors (Lipinski definition) is 5. The van der Waals surface area contributed by atoms with Gasteiger partial charge in [0.2, 0.25) is 5.88 Å². The normalized spacial score (nSPS) is 13.8. The van der Waals surface area contributed by atoms with Gasteiger partial charge in [-0.1, -0.05) is 0 Å². The Hall–Kier alpha value is -2.22. The third kappa shape index (κ3) is 3.06. The zero-order valence-electron chi connectivity index (χ0n) is 13.9. The Labute approximate surface area is 152 Å². The van der Waals surface area contributed by atoms with E-state index in [1.165, 1.54) is 6.33 Å². The summed E-state index contributed by atoms with van der Waals surface area (Å²) < 4.78 is 10.2. The first-order chi connectivity index (χ1) is 12.1. The quantitative estimate of drug-likeness (QED) is 0.667. The van der Waals surface area contributed by atoms with Crippen molar-refractivity contribution in [2.24, 2.45) is 0 Å². The maximum absolute atomic E-state index is 12.7. The van der Waals surface area contributed by atoms with E-state index in [4.69, 9.17) is 4.74 Å². The topological polar surface area (TPSA) is 74.3 Å². The predicted molar refractivity (Wildman–Crippen MR) is 96.1 cm³/mol. The zero-order chi connectivity index (χ0) is 17.4. The molecule has 0 aromatic carbocycles. The molecule has 4 rings (SSSR count). The first-order valence-electron chi connectivity index (χ1n) is 8.34. The molecule has 0 saturated carbocycles. The summed E-state index contributed by atoms with van der Waals surface area (Å²) >= 11 is 3.42. The second-order valence-electron chi connectivity index (χ2n) is 6.16. The highest BCUT2D eigenvalue weighted by Crippen LogP contribution is 2.21. The first kappa shape index (κ1) is 16.3. The summed E-state index contributed by atoms with van der Waals surface area (Å²) in [5.74, 6) is 1.42. The average Bonchev–Trinajstić information content (AvgIpc) is 2.99. The number of halogens is 1. The Morgan fingerprint density at radius 2 is 2.24 bits per heavy atom. The number of fused-ring (bicyclic) bond motifs is 2. The molecule has 25 heavy (non-hydrogen) atoms. The molecule has 3 aromatic heterocycles. The van der Waals surface area contributed by atoms with Crippen LogP contribution in [0.1, 0.15) is 29.9 Å². The van der Waals surface area contributed by atoms with Gasteiger partial charge in [0.25, 0.3) is 5.56 Å². The number of ether oxygens (including phenoxy) is 1. The van der Waals surface area contributed by atoms with E-state index in [0.29, 0.717) is 18.9 Å². The van der Waals surface area contributed by atoms with Gasteiger partial charge in [-0.05, 0) is 41.8 Å². The fourth-order valence-electron chi connectivity index (χ4n) is 3.26. The number of hydrogen-bond donors (Lipinski definition) is 0. The molecule has 4 heterocycles. The molecule has 0 bridgehead atoms. The van der Waals surface area contributed by atoms with Crippen molar-refractivity contribution in [2.45, 2.75) is 39.2 Å². The van der Waals surface area contributed by atoms with E-state index >= 15 is 0 Å². The van der Waals surface area contributed by atoms with Crippen molar-refractivity contribution < 1.29 is 4.74 Å². The fourth-order valence-corrected chi connectivity index (χ4v) is 3.67. The van der Waals surface area contributed by atoms with Crippen LogP contribution in [0, 0.1) is 6.92 Å². The lowest BCUT2D eigenvalue weighted by molar-refractivity contribution is 0.309. The van der Waals surface area contributed by atoms with Crippen molar-refractivity contribution in [3.05, 3.63) is 50.5 Å². The first-order valence-corrected chi connectivity index (χ1v) is 9.13. The number of aromatic nitrogens is 5. The third-order valence-electron chi connectivity index (χ3n) is 4.51. The van der Waals surface area contributed by atoms with Gasteiger partial charge in [-0.2, -0.15) is 10.1 Å². The summed E-state index contributed by atoms with van der Waals surface area (Å²) in [7, 11) is 0. The Morgan fingerprint density at radius 1 is 1.36 bits per heavy atom.